The van der Waals surface area contributed by atoms with Crippen molar-refractivity contribution in [3.63, 3.8) is 0 Å². The van der Waals surface area contributed by atoms with Crippen molar-refractivity contribution in [1.82, 2.24) is 10.6 Å². The molecule has 0 spiro atoms. The maximum Gasteiger partial charge on any atom is 0.470 e. The molecule has 0 aromatic heterocycles. The van der Waals surface area contributed by atoms with Gasteiger partial charge < -0.3 is 78.7 Å². The minimum absolute atomic E-state index is 0.0346. The van der Waals surface area contributed by atoms with Crippen molar-refractivity contribution < 1.29 is 101 Å². The van der Waals surface area contributed by atoms with Crippen LogP contribution in [0, 0.1) is 0 Å². The SMILES string of the molecule is CCCCCCCCCCCCO[C@H](CCCCCCCCCCC)CC(=O)O[C@H](CCCCCCCCCCC)CC(=O)N[C@@H]1[C@@H](O)[C@H](O)[C@@H](CO[C@@H]2O[C@H](CO)[C@@H](OP(=O)(O)O)[C@H](OC(=O)C[C@@H](CCCCCCCCCCC)OCCCCCCCCCCCC)[C@H]2NC(=O)C[C@@H](CCCCCCCCCCC)OC(=O)CCCCCCCCCCC)O[C@H]1O. The molecule has 14 atom stereocenters. The highest BCUT2D eigenvalue weighted by molar-refractivity contribution is 7.46. The van der Waals surface area contributed by atoms with Gasteiger partial charge in [0.05, 0.1) is 51.1 Å². The summed E-state index contributed by atoms with van der Waals surface area (Å²) in [5, 5.41) is 52.5. The average molecular weight is 1840 g/mol. The fourth-order valence-corrected chi connectivity index (χ4v) is 18.6. The van der Waals surface area contributed by atoms with E-state index < -0.39 is 137 Å². The number of hydrogen-bond donors (Lipinski definition) is 8. The van der Waals surface area contributed by atoms with Gasteiger partial charge in [-0.1, -0.05) is 434 Å². The van der Waals surface area contributed by atoms with E-state index in [-0.39, 0.29) is 31.8 Å². The van der Waals surface area contributed by atoms with Crippen molar-refractivity contribution in [2.75, 3.05) is 26.4 Å². The Bertz CT molecular complexity index is 2610. The van der Waals surface area contributed by atoms with E-state index in [1.165, 1.54) is 212 Å². The molecule has 2 aliphatic rings. The smallest absolute Gasteiger partial charge is 0.462 e. The van der Waals surface area contributed by atoms with Crippen molar-refractivity contribution >= 4 is 37.5 Å². The maximum absolute atomic E-state index is 15.1. The lowest BCUT2D eigenvalue weighted by molar-refractivity contribution is -0.297. The van der Waals surface area contributed by atoms with Crippen molar-refractivity contribution in [2.24, 2.45) is 0 Å². The topological polar surface area (TPSA) is 331 Å². The van der Waals surface area contributed by atoms with Crippen LogP contribution in [0.4, 0.5) is 0 Å². The molecule has 2 amide bonds. The molecule has 0 aliphatic carbocycles. The summed E-state index contributed by atoms with van der Waals surface area (Å²) in [7, 11) is -5.54. The Hall–Kier alpha value is -2.90. The minimum atomic E-state index is -5.54. The van der Waals surface area contributed by atoms with E-state index in [1.807, 2.05) is 0 Å². The maximum atomic E-state index is 15.1. The Morgan fingerprint density at radius 1 is 0.328 bits per heavy atom. The van der Waals surface area contributed by atoms with Crippen LogP contribution < -0.4 is 10.6 Å². The van der Waals surface area contributed by atoms with Crippen LogP contribution in [-0.4, -0.2) is 172 Å². The van der Waals surface area contributed by atoms with Crippen molar-refractivity contribution in [2.45, 2.75) is 609 Å². The van der Waals surface area contributed by atoms with Crippen LogP contribution in [0.5, 0.6) is 0 Å². The first-order valence-electron chi connectivity index (χ1n) is 54.0. The predicted molar refractivity (Wildman–Crippen MR) is 516 cm³/mol. The summed E-state index contributed by atoms with van der Waals surface area (Å²) in [4.78, 5) is 93.6. The summed E-state index contributed by atoms with van der Waals surface area (Å²) >= 11 is 0. The highest BCUT2D eigenvalue weighted by Gasteiger charge is 2.53. The van der Waals surface area contributed by atoms with Crippen molar-refractivity contribution in [3.8, 4) is 0 Å². The van der Waals surface area contributed by atoms with Crippen LogP contribution in [0.1, 0.15) is 524 Å². The largest absolute Gasteiger partial charge is 0.470 e. The number of phosphoric ester groups is 1. The minimum Gasteiger partial charge on any atom is -0.462 e. The Balaban J connectivity index is 2.62. The second-order valence-corrected chi connectivity index (χ2v) is 39.4. The van der Waals surface area contributed by atoms with E-state index in [1.54, 1.807) is 0 Å². The van der Waals surface area contributed by atoms with Gasteiger partial charge in [-0.05, 0) is 57.8 Å². The van der Waals surface area contributed by atoms with Crippen LogP contribution in [0.15, 0.2) is 0 Å². The standard InChI is InChI=1S/C104H199N2O21P/c1-8-15-22-29-36-43-50-57-64-71-78-119-86(73-66-59-52-45-38-31-24-17-10-3)82-95(111)123-89(76-69-62-55-48-41-34-27-20-13-6)81-92(108)105-97-100(114)99(113)91(124-103(97)115)85-121-104-98(106-93(109)80-88(75-68-61-54-47-40-33-26-19-12-5)122-94(110)77-70-63-56-49-42-35-28-21-14-7)102(101(90(84-107)125-104)127-128(116,117)118)126-96(112)83-87(74-67-60-53-46-39-32-25-18-11-4)120-79-72-65-58-51-44-37-30-23-16-9-2/h86-91,97-104,107,113-115H,8-85H2,1-7H3,(H,105,108)(H,106,109)(H2,116,117,118)/t86-,87-,88-,89-,90-,91-,97-,98-,99-,100-,101-,102-,103-,104-/m1/s1. The first-order chi connectivity index (χ1) is 62.3. The Morgan fingerprint density at radius 3 is 0.961 bits per heavy atom. The predicted octanol–water partition coefficient (Wildman–Crippen LogP) is 25.1. The quantitative estimate of drug-likeness (QED) is 0.0121. The van der Waals surface area contributed by atoms with Crippen LogP contribution in [0.25, 0.3) is 0 Å². The van der Waals surface area contributed by atoms with Crippen LogP contribution in [-0.2, 0) is 71.0 Å². The molecular formula is C104H199N2O21P. The molecule has 0 aromatic carbocycles. The van der Waals surface area contributed by atoms with Crippen LogP contribution >= 0.6 is 7.82 Å². The number of nitrogens with one attached hydrogen (secondary N) is 2. The molecule has 8 N–H and O–H groups in total. The van der Waals surface area contributed by atoms with Crippen molar-refractivity contribution in [3.05, 3.63) is 0 Å². The normalized spacial score (nSPS) is 20.0. The number of unbranched alkanes of at least 4 members (excludes halogenated alkanes) is 58. The van der Waals surface area contributed by atoms with Crippen LogP contribution in [0.3, 0.4) is 0 Å². The molecule has 2 heterocycles. The van der Waals surface area contributed by atoms with E-state index in [2.05, 4.69) is 59.1 Å². The zero-order valence-corrected chi connectivity index (χ0v) is 83.9. The van der Waals surface area contributed by atoms with Gasteiger partial charge in [0.15, 0.2) is 18.7 Å². The molecule has 0 bridgehead atoms. The van der Waals surface area contributed by atoms with E-state index in [0.717, 1.165) is 186 Å². The lowest BCUT2D eigenvalue weighted by atomic mass is 9.95. The fraction of sp³-hybridized carbons (Fsp3) is 0.952. The molecule has 128 heavy (non-hydrogen) atoms. The monoisotopic (exact) mass is 1840 g/mol. The molecular weight excluding hydrogens is 1640 g/mol. The molecule has 2 fully saturated rings. The molecule has 0 unspecified atom stereocenters. The fourth-order valence-electron chi connectivity index (χ4n) is 18.0. The van der Waals surface area contributed by atoms with E-state index in [9.17, 15) is 54.0 Å². The number of hydrogen-bond acceptors (Lipinski definition) is 19. The molecule has 756 valence electrons. The third kappa shape index (κ3) is 66.5. The van der Waals surface area contributed by atoms with Gasteiger partial charge in [0.25, 0.3) is 0 Å². The zero-order chi connectivity index (χ0) is 93.4. The summed E-state index contributed by atoms with van der Waals surface area (Å²) in [6, 6.07) is -3.32. The third-order valence-electron chi connectivity index (χ3n) is 26.1. The second kappa shape index (κ2) is 84.6. The van der Waals surface area contributed by atoms with Gasteiger partial charge in [-0.25, -0.2) is 4.57 Å². The highest BCUT2D eigenvalue weighted by Crippen LogP contribution is 2.43. The highest BCUT2D eigenvalue weighted by atomic mass is 31.2. The van der Waals surface area contributed by atoms with Crippen LogP contribution in [0.2, 0.25) is 0 Å². The molecule has 0 saturated carbocycles. The average Bonchev–Trinajstić information content (AvgIpc) is 0.775. The van der Waals surface area contributed by atoms with Gasteiger partial charge in [-0.2, -0.15) is 0 Å². The van der Waals surface area contributed by atoms with Gasteiger partial charge in [-0.15, -0.1) is 0 Å². The molecule has 23 nitrogen and oxygen atoms in total. The Kier molecular flexibility index (Phi) is 80.1. The number of amides is 2. The summed E-state index contributed by atoms with van der Waals surface area (Å²) in [5.41, 5.74) is 0. The second-order valence-electron chi connectivity index (χ2n) is 38.2. The number of rotatable bonds is 93. The third-order valence-corrected chi connectivity index (χ3v) is 26.6. The number of esters is 3. The lowest BCUT2D eigenvalue weighted by Crippen LogP contribution is -2.67. The number of aliphatic hydroxyl groups excluding tert-OH is 4. The van der Waals surface area contributed by atoms with Gasteiger partial charge in [-0.3, -0.25) is 28.5 Å². The Labute approximate surface area is 781 Å². The molecule has 2 aliphatic heterocycles. The van der Waals surface area contributed by atoms with Gasteiger partial charge >= 0.3 is 25.7 Å². The molecule has 2 saturated heterocycles. The summed E-state index contributed by atoms with van der Waals surface area (Å²) in [5.74, 6) is -3.20. The zero-order valence-electron chi connectivity index (χ0n) is 83.0. The number of ether oxygens (including phenoxy) is 8. The molecule has 0 aromatic rings. The van der Waals surface area contributed by atoms with E-state index in [4.69, 9.17) is 42.4 Å². The van der Waals surface area contributed by atoms with E-state index >= 15 is 4.79 Å². The first-order valence-corrected chi connectivity index (χ1v) is 55.5. The number of aliphatic hydroxyl groups is 4. The lowest BCUT2D eigenvalue weighted by Gasteiger charge is -2.46. The number of carbonyl (C=O) groups is 5. The first kappa shape index (κ1) is 121. The molecule has 24 heteroatoms. The van der Waals surface area contributed by atoms with Gasteiger partial charge in [0.1, 0.15) is 54.8 Å². The molecule has 0 radical (unpaired) electrons. The molecule has 2 rings (SSSR count). The van der Waals surface area contributed by atoms with Gasteiger partial charge in [0.2, 0.25) is 11.8 Å². The van der Waals surface area contributed by atoms with Crippen molar-refractivity contribution in [1.29, 1.82) is 0 Å². The summed E-state index contributed by atoms with van der Waals surface area (Å²) in [6.45, 7) is 14.7. The number of phosphoric acid groups is 1. The Morgan fingerprint density at radius 2 is 0.625 bits per heavy atom. The summed E-state index contributed by atoms with van der Waals surface area (Å²) in [6.07, 6.45) is 55.4. The van der Waals surface area contributed by atoms with E-state index in [0.29, 0.717) is 58.2 Å². The van der Waals surface area contributed by atoms with Gasteiger partial charge in [0, 0.05) is 19.6 Å². The number of carbonyl (C=O) groups excluding carboxylic acids is 5. The summed E-state index contributed by atoms with van der Waals surface area (Å²) < 4.78 is 69.1.